The number of alkyl halides is 3. The molecule has 162 valence electrons. The van der Waals surface area contributed by atoms with Gasteiger partial charge >= 0.3 is 6.36 Å². The summed E-state index contributed by atoms with van der Waals surface area (Å²) in [4.78, 5) is 14.9. The van der Waals surface area contributed by atoms with Crippen molar-refractivity contribution in [3.63, 3.8) is 0 Å². The van der Waals surface area contributed by atoms with Crippen molar-refractivity contribution in [2.75, 3.05) is 13.1 Å². The highest BCUT2D eigenvalue weighted by Gasteiger charge is 2.31. The Morgan fingerprint density at radius 3 is 2.27 bits per heavy atom. The molecular formula is C22H25F3N2O3. The molecule has 0 radical (unpaired) electrons. The van der Waals surface area contributed by atoms with E-state index < -0.39 is 12.3 Å². The van der Waals surface area contributed by atoms with Crippen LogP contribution in [0.1, 0.15) is 38.2 Å². The van der Waals surface area contributed by atoms with E-state index in [-0.39, 0.29) is 23.6 Å². The second-order valence-corrected chi connectivity index (χ2v) is 7.35. The SMILES string of the molecule is CC(C(=O)NC(C)N1CCCC1)c1cccc(Oc2cccc(OC(F)(F)F)c2)c1. The second kappa shape index (κ2) is 9.38. The van der Waals surface area contributed by atoms with Gasteiger partial charge < -0.3 is 14.8 Å². The average Bonchev–Trinajstić information content (AvgIpc) is 3.21. The predicted octanol–water partition coefficient (Wildman–Crippen LogP) is 5.04. The highest BCUT2D eigenvalue weighted by molar-refractivity contribution is 5.83. The van der Waals surface area contributed by atoms with E-state index in [0.29, 0.717) is 5.75 Å². The van der Waals surface area contributed by atoms with Gasteiger partial charge in [0.05, 0.1) is 12.1 Å². The van der Waals surface area contributed by atoms with Crippen LogP contribution in [0, 0.1) is 0 Å². The minimum absolute atomic E-state index is 0.0294. The first-order valence-corrected chi connectivity index (χ1v) is 9.89. The summed E-state index contributed by atoms with van der Waals surface area (Å²) >= 11 is 0. The van der Waals surface area contributed by atoms with Crippen LogP contribution in [-0.2, 0) is 4.79 Å². The zero-order valence-electron chi connectivity index (χ0n) is 16.9. The van der Waals surface area contributed by atoms with Crippen molar-refractivity contribution in [3.8, 4) is 17.2 Å². The predicted molar refractivity (Wildman–Crippen MR) is 106 cm³/mol. The fourth-order valence-corrected chi connectivity index (χ4v) is 3.42. The Morgan fingerprint density at radius 2 is 1.60 bits per heavy atom. The van der Waals surface area contributed by atoms with Crippen molar-refractivity contribution in [1.82, 2.24) is 10.2 Å². The van der Waals surface area contributed by atoms with Gasteiger partial charge in [0.25, 0.3) is 0 Å². The maximum absolute atomic E-state index is 12.7. The molecule has 2 aromatic carbocycles. The van der Waals surface area contributed by atoms with E-state index in [1.54, 1.807) is 18.2 Å². The van der Waals surface area contributed by atoms with E-state index in [1.165, 1.54) is 18.2 Å². The number of benzene rings is 2. The second-order valence-electron chi connectivity index (χ2n) is 7.35. The van der Waals surface area contributed by atoms with Gasteiger partial charge in [0.2, 0.25) is 5.91 Å². The summed E-state index contributed by atoms with van der Waals surface area (Å²) in [6, 6.07) is 12.3. The lowest BCUT2D eigenvalue weighted by Gasteiger charge is -2.26. The lowest BCUT2D eigenvalue weighted by molar-refractivity contribution is -0.274. The number of likely N-dealkylation sites (tertiary alicyclic amines) is 1. The summed E-state index contributed by atoms with van der Waals surface area (Å²) < 4.78 is 46.8. The molecule has 1 saturated heterocycles. The van der Waals surface area contributed by atoms with Crippen molar-refractivity contribution in [2.45, 2.75) is 45.1 Å². The molecule has 2 aromatic rings. The molecule has 1 N–H and O–H groups in total. The van der Waals surface area contributed by atoms with Gasteiger partial charge in [-0.15, -0.1) is 13.2 Å². The topological polar surface area (TPSA) is 50.8 Å². The molecule has 0 aliphatic carbocycles. The Kier molecular flexibility index (Phi) is 6.87. The number of ether oxygens (including phenoxy) is 2. The van der Waals surface area contributed by atoms with Crippen molar-refractivity contribution in [3.05, 3.63) is 54.1 Å². The van der Waals surface area contributed by atoms with Gasteiger partial charge in [0.1, 0.15) is 17.2 Å². The van der Waals surface area contributed by atoms with Gasteiger partial charge in [-0.3, -0.25) is 9.69 Å². The van der Waals surface area contributed by atoms with Gasteiger partial charge in [-0.05, 0) is 56.5 Å². The van der Waals surface area contributed by atoms with Crippen molar-refractivity contribution in [2.24, 2.45) is 0 Å². The maximum atomic E-state index is 12.7. The standard InChI is InChI=1S/C22H25F3N2O3/c1-15(21(28)26-16(2)27-11-3-4-12-27)17-7-5-8-18(13-17)29-19-9-6-10-20(14-19)30-22(23,24)25/h5-10,13-16H,3-4,11-12H2,1-2H3,(H,26,28). The number of nitrogens with one attached hydrogen (secondary N) is 1. The first-order chi connectivity index (χ1) is 14.2. The van der Waals surface area contributed by atoms with Gasteiger partial charge in [-0.1, -0.05) is 18.2 Å². The summed E-state index contributed by atoms with van der Waals surface area (Å²) in [6.07, 6.45) is -2.51. The summed E-state index contributed by atoms with van der Waals surface area (Å²) in [7, 11) is 0. The molecule has 2 atom stereocenters. The molecular weight excluding hydrogens is 397 g/mol. The average molecular weight is 422 g/mol. The molecule has 1 fully saturated rings. The Labute approximate surface area is 173 Å². The molecule has 3 rings (SSSR count). The van der Waals surface area contributed by atoms with Crippen LogP contribution in [0.3, 0.4) is 0 Å². The molecule has 1 heterocycles. The third kappa shape index (κ3) is 6.13. The van der Waals surface area contributed by atoms with Crippen LogP contribution in [0.5, 0.6) is 17.2 Å². The molecule has 0 aromatic heterocycles. The molecule has 0 saturated carbocycles. The molecule has 1 amide bonds. The third-order valence-corrected chi connectivity index (χ3v) is 5.07. The van der Waals surface area contributed by atoms with Crippen LogP contribution < -0.4 is 14.8 Å². The van der Waals surface area contributed by atoms with E-state index >= 15 is 0 Å². The van der Waals surface area contributed by atoms with Crippen LogP contribution >= 0.6 is 0 Å². The van der Waals surface area contributed by atoms with E-state index in [0.717, 1.165) is 37.6 Å². The number of hydrogen-bond donors (Lipinski definition) is 1. The quantitative estimate of drug-likeness (QED) is 0.679. The number of rotatable bonds is 7. The zero-order valence-corrected chi connectivity index (χ0v) is 16.9. The Balaban J connectivity index is 1.65. The molecule has 2 unspecified atom stereocenters. The van der Waals surface area contributed by atoms with Gasteiger partial charge in [-0.25, -0.2) is 0 Å². The summed E-state index contributed by atoms with van der Waals surface area (Å²) in [5, 5.41) is 3.04. The Hall–Kier alpha value is -2.74. The lowest BCUT2D eigenvalue weighted by Crippen LogP contribution is -2.46. The third-order valence-electron chi connectivity index (χ3n) is 5.07. The summed E-state index contributed by atoms with van der Waals surface area (Å²) in [5.74, 6) is -0.233. The van der Waals surface area contributed by atoms with Gasteiger partial charge in [0.15, 0.2) is 0 Å². The van der Waals surface area contributed by atoms with E-state index in [2.05, 4.69) is 15.0 Å². The van der Waals surface area contributed by atoms with Crippen LogP contribution in [0.25, 0.3) is 0 Å². The molecule has 1 aliphatic rings. The maximum Gasteiger partial charge on any atom is 0.573 e. The molecule has 5 nitrogen and oxygen atoms in total. The lowest BCUT2D eigenvalue weighted by atomic mass is 10.00. The van der Waals surface area contributed by atoms with Crippen molar-refractivity contribution < 1.29 is 27.4 Å². The smallest absolute Gasteiger partial charge is 0.457 e. The highest BCUT2D eigenvalue weighted by Crippen LogP contribution is 2.30. The van der Waals surface area contributed by atoms with Crippen LogP contribution in [0.15, 0.2) is 48.5 Å². The fraction of sp³-hybridized carbons (Fsp3) is 0.409. The summed E-state index contributed by atoms with van der Waals surface area (Å²) in [5.41, 5.74) is 0.751. The molecule has 1 aliphatic heterocycles. The minimum Gasteiger partial charge on any atom is -0.457 e. The fourth-order valence-electron chi connectivity index (χ4n) is 3.42. The normalized spacial score (nSPS) is 16.7. The first-order valence-electron chi connectivity index (χ1n) is 9.89. The van der Waals surface area contributed by atoms with E-state index in [9.17, 15) is 18.0 Å². The van der Waals surface area contributed by atoms with Crippen LogP contribution in [-0.4, -0.2) is 36.4 Å². The number of nitrogens with zero attached hydrogens (tertiary/aromatic N) is 1. The number of amides is 1. The number of hydrogen-bond acceptors (Lipinski definition) is 4. The summed E-state index contributed by atoms with van der Waals surface area (Å²) in [6.45, 7) is 5.75. The van der Waals surface area contributed by atoms with Crippen molar-refractivity contribution in [1.29, 1.82) is 0 Å². The minimum atomic E-state index is -4.77. The largest absolute Gasteiger partial charge is 0.573 e. The zero-order chi connectivity index (χ0) is 21.7. The molecule has 0 bridgehead atoms. The Bertz CT molecular complexity index is 867. The highest BCUT2D eigenvalue weighted by atomic mass is 19.4. The number of carbonyl (C=O) groups is 1. The number of halogens is 3. The van der Waals surface area contributed by atoms with E-state index in [4.69, 9.17) is 4.74 Å². The van der Waals surface area contributed by atoms with Crippen molar-refractivity contribution >= 4 is 5.91 Å². The first kappa shape index (κ1) is 22.0. The van der Waals surface area contributed by atoms with Crippen LogP contribution in [0.2, 0.25) is 0 Å². The Morgan fingerprint density at radius 1 is 1.00 bits per heavy atom. The molecule has 0 spiro atoms. The molecule has 30 heavy (non-hydrogen) atoms. The van der Waals surface area contributed by atoms with E-state index in [1.807, 2.05) is 19.9 Å². The van der Waals surface area contributed by atoms with Crippen LogP contribution in [0.4, 0.5) is 13.2 Å². The van der Waals surface area contributed by atoms with Gasteiger partial charge in [-0.2, -0.15) is 0 Å². The number of carbonyl (C=O) groups excluding carboxylic acids is 1. The monoisotopic (exact) mass is 422 g/mol. The van der Waals surface area contributed by atoms with Gasteiger partial charge in [0, 0.05) is 19.2 Å². The molecule has 8 heteroatoms.